The predicted molar refractivity (Wildman–Crippen MR) is 129 cm³/mol. The second-order valence-electron chi connectivity index (χ2n) is 7.53. The molecule has 1 aromatic heterocycles. The first-order valence-electron chi connectivity index (χ1n) is 10.5. The fourth-order valence-electron chi connectivity index (χ4n) is 3.25. The molecule has 0 spiro atoms. The van der Waals surface area contributed by atoms with Gasteiger partial charge in [-0.25, -0.2) is 0 Å². The second-order valence-corrected chi connectivity index (χ2v) is 7.53. The number of rotatable bonds is 12. The maximum absolute atomic E-state index is 5.55. The molecule has 1 aromatic carbocycles. The summed E-state index contributed by atoms with van der Waals surface area (Å²) in [6.07, 6.45) is 7.17. The number of halogens is 1. The van der Waals surface area contributed by atoms with Gasteiger partial charge in [0.15, 0.2) is 5.96 Å². The summed E-state index contributed by atoms with van der Waals surface area (Å²) in [7, 11) is 0. The van der Waals surface area contributed by atoms with Crippen LogP contribution in [0.5, 0.6) is 0 Å². The first-order chi connectivity index (χ1) is 13.8. The maximum atomic E-state index is 5.55. The van der Waals surface area contributed by atoms with Crippen molar-refractivity contribution in [1.82, 2.24) is 10.6 Å². The summed E-state index contributed by atoms with van der Waals surface area (Å²) in [5.74, 6) is 1.89. The largest absolute Gasteiger partial charge is 0.469 e. The van der Waals surface area contributed by atoms with Crippen LogP contribution in [-0.4, -0.2) is 38.8 Å². The van der Waals surface area contributed by atoms with E-state index in [4.69, 9.17) is 14.1 Å². The molecule has 0 amide bonds. The number of ether oxygens (including phenoxy) is 1. The summed E-state index contributed by atoms with van der Waals surface area (Å²) < 4.78 is 11.0. The van der Waals surface area contributed by atoms with Crippen molar-refractivity contribution in [2.24, 2.45) is 10.4 Å². The Bertz CT molecular complexity index is 700. The van der Waals surface area contributed by atoms with Crippen LogP contribution in [0.2, 0.25) is 0 Å². The molecule has 1 aliphatic carbocycles. The molecule has 6 heteroatoms. The van der Waals surface area contributed by atoms with Crippen molar-refractivity contribution in [2.45, 2.75) is 39.0 Å². The van der Waals surface area contributed by atoms with Crippen LogP contribution >= 0.6 is 24.0 Å². The monoisotopic (exact) mass is 511 g/mol. The molecular formula is C23H34IN3O2. The van der Waals surface area contributed by atoms with E-state index in [0.717, 1.165) is 63.8 Å². The van der Waals surface area contributed by atoms with E-state index in [1.807, 2.05) is 12.1 Å². The van der Waals surface area contributed by atoms with E-state index in [2.05, 4.69) is 47.9 Å². The average molecular weight is 511 g/mol. The van der Waals surface area contributed by atoms with E-state index in [1.54, 1.807) is 6.26 Å². The second kappa shape index (κ2) is 12.9. The molecule has 0 bridgehead atoms. The van der Waals surface area contributed by atoms with Gasteiger partial charge in [-0.1, -0.05) is 30.3 Å². The predicted octanol–water partition coefficient (Wildman–Crippen LogP) is 4.42. The first kappa shape index (κ1) is 23.7. The van der Waals surface area contributed by atoms with Gasteiger partial charge in [0, 0.05) is 39.3 Å². The zero-order valence-corrected chi connectivity index (χ0v) is 19.7. The highest BCUT2D eigenvalue weighted by atomic mass is 127. The number of hydrogen-bond acceptors (Lipinski definition) is 3. The van der Waals surface area contributed by atoms with Crippen molar-refractivity contribution in [2.75, 3.05) is 32.8 Å². The Labute approximate surface area is 191 Å². The van der Waals surface area contributed by atoms with Crippen molar-refractivity contribution in [3.63, 3.8) is 0 Å². The SMILES string of the molecule is CCOCCC1(CN=C(NCCc2ccccc2)NCCc2ccco2)CC1.I. The fraction of sp³-hybridized carbons (Fsp3) is 0.522. The normalized spacial score (nSPS) is 14.9. The molecular weight excluding hydrogens is 477 g/mol. The van der Waals surface area contributed by atoms with Crippen LogP contribution in [0, 0.1) is 5.41 Å². The molecule has 1 aliphatic rings. The highest BCUT2D eigenvalue weighted by Crippen LogP contribution is 2.48. The number of hydrogen-bond donors (Lipinski definition) is 2. The van der Waals surface area contributed by atoms with Gasteiger partial charge in [0.2, 0.25) is 0 Å². The van der Waals surface area contributed by atoms with E-state index in [-0.39, 0.29) is 24.0 Å². The Morgan fingerprint density at radius 2 is 1.83 bits per heavy atom. The lowest BCUT2D eigenvalue weighted by molar-refractivity contribution is 0.129. The lowest BCUT2D eigenvalue weighted by Crippen LogP contribution is -2.40. The van der Waals surface area contributed by atoms with E-state index < -0.39 is 0 Å². The molecule has 1 fully saturated rings. The third-order valence-electron chi connectivity index (χ3n) is 5.30. The van der Waals surface area contributed by atoms with Gasteiger partial charge in [-0.3, -0.25) is 4.99 Å². The van der Waals surface area contributed by atoms with Crippen molar-refractivity contribution in [1.29, 1.82) is 0 Å². The van der Waals surface area contributed by atoms with E-state index in [1.165, 1.54) is 18.4 Å². The van der Waals surface area contributed by atoms with Crippen LogP contribution in [0.4, 0.5) is 0 Å². The van der Waals surface area contributed by atoms with Crippen LogP contribution in [0.3, 0.4) is 0 Å². The fourth-order valence-corrected chi connectivity index (χ4v) is 3.25. The van der Waals surface area contributed by atoms with Crippen LogP contribution in [0.25, 0.3) is 0 Å². The van der Waals surface area contributed by atoms with Gasteiger partial charge in [0.1, 0.15) is 5.76 Å². The number of nitrogens with one attached hydrogen (secondary N) is 2. The minimum Gasteiger partial charge on any atom is -0.469 e. The van der Waals surface area contributed by atoms with Crippen molar-refractivity contribution in [3.05, 3.63) is 60.1 Å². The molecule has 0 unspecified atom stereocenters. The molecule has 29 heavy (non-hydrogen) atoms. The molecule has 3 rings (SSSR count). The Morgan fingerprint density at radius 3 is 2.48 bits per heavy atom. The minimum absolute atomic E-state index is 0. The molecule has 2 N–H and O–H groups in total. The zero-order valence-electron chi connectivity index (χ0n) is 17.4. The minimum atomic E-state index is 0. The highest BCUT2D eigenvalue weighted by Gasteiger charge is 2.41. The van der Waals surface area contributed by atoms with Crippen molar-refractivity contribution in [3.8, 4) is 0 Å². The molecule has 0 radical (unpaired) electrons. The average Bonchev–Trinajstić information content (AvgIpc) is 3.29. The van der Waals surface area contributed by atoms with Crippen molar-refractivity contribution >= 4 is 29.9 Å². The van der Waals surface area contributed by atoms with Crippen LogP contribution < -0.4 is 10.6 Å². The molecule has 0 saturated heterocycles. The Balaban J connectivity index is 0.00000300. The standard InChI is InChI=1S/C23H33N3O2.HI/c1-2-27-18-14-23(12-13-23)19-26-22(25-16-11-21-9-6-17-28-21)24-15-10-20-7-4-3-5-8-20;/h3-9,17H,2,10-16,18-19H2,1H3,(H2,24,25,26);1H. The molecule has 5 nitrogen and oxygen atoms in total. The number of guanidine groups is 1. The van der Waals surface area contributed by atoms with Gasteiger partial charge in [0.25, 0.3) is 0 Å². The van der Waals surface area contributed by atoms with Gasteiger partial charge in [-0.2, -0.15) is 0 Å². The van der Waals surface area contributed by atoms with Gasteiger partial charge in [0.05, 0.1) is 6.26 Å². The Morgan fingerprint density at radius 1 is 1.07 bits per heavy atom. The number of nitrogens with zero attached hydrogens (tertiary/aromatic N) is 1. The number of aliphatic imine (C=N–C) groups is 1. The molecule has 0 atom stereocenters. The summed E-state index contributed by atoms with van der Waals surface area (Å²) in [5.41, 5.74) is 1.69. The van der Waals surface area contributed by atoms with Crippen LogP contribution in [0.15, 0.2) is 58.1 Å². The van der Waals surface area contributed by atoms with Gasteiger partial charge < -0.3 is 19.8 Å². The highest BCUT2D eigenvalue weighted by molar-refractivity contribution is 14.0. The summed E-state index contributed by atoms with van der Waals surface area (Å²) in [5, 5.41) is 6.95. The maximum Gasteiger partial charge on any atom is 0.191 e. The quantitative estimate of drug-likeness (QED) is 0.192. The number of furan rings is 1. The third-order valence-corrected chi connectivity index (χ3v) is 5.30. The smallest absolute Gasteiger partial charge is 0.191 e. The lowest BCUT2D eigenvalue weighted by atomic mass is 10.0. The molecule has 1 heterocycles. The molecule has 160 valence electrons. The molecule has 2 aromatic rings. The molecule has 1 saturated carbocycles. The topological polar surface area (TPSA) is 58.8 Å². The van der Waals surface area contributed by atoms with E-state index in [9.17, 15) is 0 Å². The summed E-state index contributed by atoms with van der Waals surface area (Å²) >= 11 is 0. The Hall–Kier alpha value is -1.54. The third kappa shape index (κ3) is 8.78. The van der Waals surface area contributed by atoms with Crippen molar-refractivity contribution < 1.29 is 9.15 Å². The summed E-state index contributed by atoms with van der Waals surface area (Å²) in [6, 6.07) is 14.5. The van der Waals surface area contributed by atoms with E-state index >= 15 is 0 Å². The Kier molecular flexibility index (Phi) is 10.6. The summed E-state index contributed by atoms with van der Waals surface area (Å²) in [4.78, 5) is 4.89. The summed E-state index contributed by atoms with van der Waals surface area (Å²) in [6.45, 7) is 6.21. The zero-order chi connectivity index (χ0) is 19.5. The van der Waals surface area contributed by atoms with Gasteiger partial charge in [-0.05, 0) is 55.7 Å². The first-order valence-corrected chi connectivity index (χ1v) is 10.5. The number of benzene rings is 1. The lowest BCUT2D eigenvalue weighted by Gasteiger charge is -2.16. The van der Waals surface area contributed by atoms with Crippen LogP contribution in [-0.2, 0) is 17.6 Å². The van der Waals surface area contributed by atoms with Gasteiger partial charge >= 0.3 is 0 Å². The van der Waals surface area contributed by atoms with E-state index in [0.29, 0.717) is 5.41 Å². The van der Waals surface area contributed by atoms with Gasteiger partial charge in [-0.15, -0.1) is 24.0 Å². The van der Waals surface area contributed by atoms with Crippen LogP contribution in [0.1, 0.15) is 37.5 Å². The molecule has 0 aliphatic heterocycles.